The van der Waals surface area contributed by atoms with E-state index in [0.29, 0.717) is 11.3 Å². The molecule has 30 heavy (non-hydrogen) atoms. The molecule has 2 heterocycles. The van der Waals surface area contributed by atoms with Crippen LogP contribution in [-0.4, -0.2) is 36.9 Å². The fraction of sp³-hybridized carbons (Fsp3) is 0.348. The van der Waals surface area contributed by atoms with E-state index in [1.165, 1.54) is 19.3 Å². The van der Waals surface area contributed by atoms with Crippen molar-refractivity contribution in [3.8, 4) is 0 Å². The van der Waals surface area contributed by atoms with E-state index < -0.39 is 6.04 Å². The molecule has 0 spiro atoms. The molecule has 0 aromatic heterocycles. The number of benzene rings is 2. The fourth-order valence-corrected chi connectivity index (χ4v) is 3.95. The molecule has 7 nitrogen and oxygen atoms in total. The molecule has 0 saturated carbocycles. The number of rotatable bonds is 5. The molecule has 0 radical (unpaired) electrons. The van der Waals surface area contributed by atoms with Crippen molar-refractivity contribution < 1.29 is 14.4 Å². The van der Waals surface area contributed by atoms with Crippen LogP contribution in [0.25, 0.3) is 0 Å². The van der Waals surface area contributed by atoms with E-state index in [2.05, 4.69) is 26.9 Å². The van der Waals surface area contributed by atoms with Crippen molar-refractivity contribution in [2.75, 3.05) is 28.6 Å². The maximum absolute atomic E-state index is 12.5. The lowest BCUT2D eigenvalue weighted by atomic mass is 10.1. The molecule has 1 saturated heterocycles. The molecule has 7 heteroatoms. The molecule has 0 bridgehead atoms. The Balaban J connectivity index is 1.34. The molecule has 2 aromatic carbocycles. The molecule has 0 aliphatic carbocycles. The first-order chi connectivity index (χ1) is 14.6. The highest BCUT2D eigenvalue weighted by atomic mass is 16.2. The van der Waals surface area contributed by atoms with Crippen molar-refractivity contribution >= 4 is 34.8 Å². The van der Waals surface area contributed by atoms with Gasteiger partial charge in [0.15, 0.2) is 0 Å². The normalized spacial score (nSPS) is 18.7. The van der Waals surface area contributed by atoms with Gasteiger partial charge in [0.25, 0.3) is 5.91 Å². The Morgan fingerprint density at radius 1 is 1.03 bits per heavy atom. The first-order valence-electron chi connectivity index (χ1n) is 10.5. The van der Waals surface area contributed by atoms with Gasteiger partial charge >= 0.3 is 0 Å². The lowest BCUT2D eigenvalue weighted by molar-refractivity contribution is -0.118. The lowest BCUT2D eigenvalue weighted by Gasteiger charge is -2.29. The zero-order valence-electron chi connectivity index (χ0n) is 16.8. The molecule has 2 aromatic rings. The largest absolute Gasteiger partial charge is 0.371 e. The number of fused-ring (bicyclic) bond motifs is 1. The summed E-state index contributed by atoms with van der Waals surface area (Å²) in [5.74, 6) is -0.814. The molecule has 1 fully saturated rings. The molecule has 2 aliphatic rings. The smallest absolute Gasteiger partial charge is 0.254 e. The topological polar surface area (TPSA) is 90.5 Å². The Bertz CT molecular complexity index is 953. The van der Waals surface area contributed by atoms with Gasteiger partial charge in [-0.2, -0.15) is 0 Å². The minimum Gasteiger partial charge on any atom is -0.371 e. The van der Waals surface area contributed by atoms with Gasteiger partial charge < -0.3 is 20.9 Å². The molecule has 0 unspecified atom stereocenters. The van der Waals surface area contributed by atoms with E-state index in [0.717, 1.165) is 24.5 Å². The molecule has 1 atom stereocenters. The number of carbonyl (C=O) groups is 3. The Morgan fingerprint density at radius 3 is 2.67 bits per heavy atom. The first kappa shape index (κ1) is 19.9. The predicted octanol–water partition coefficient (Wildman–Crippen LogP) is 3.15. The van der Waals surface area contributed by atoms with Gasteiger partial charge in [-0.1, -0.05) is 18.2 Å². The van der Waals surface area contributed by atoms with Gasteiger partial charge in [0.05, 0.1) is 11.3 Å². The van der Waals surface area contributed by atoms with E-state index in [1.807, 2.05) is 18.2 Å². The second kappa shape index (κ2) is 8.98. The van der Waals surface area contributed by atoms with E-state index in [9.17, 15) is 14.4 Å². The first-order valence-corrected chi connectivity index (χ1v) is 10.5. The van der Waals surface area contributed by atoms with Gasteiger partial charge in [-0.15, -0.1) is 0 Å². The van der Waals surface area contributed by atoms with Crippen molar-refractivity contribution in [2.45, 2.75) is 38.1 Å². The quantitative estimate of drug-likeness (QED) is 0.712. The minimum absolute atomic E-state index is 0.128. The van der Waals surface area contributed by atoms with Crippen LogP contribution in [0, 0.1) is 0 Å². The second-order valence-corrected chi connectivity index (χ2v) is 7.75. The van der Waals surface area contributed by atoms with Crippen molar-refractivity contribution in [1.82, 2.24) is 5.32 Å². The van der Waals surface area contributed by atoms with E-state index in [1.54, 1.807) is 24.3 Å². The number of hydrogen-bond acceptors (Lipinski definition) is 4. The molecule has 2 aliphatic heterocycles. The highest BCUT2D eigenvalue weighted by Gasteiger charge is 2.27. The van der Waals surface area contributed by atoms with Crippen LogP contribution in [0.5, 0.6) is 0 Å². The highest BCUT2D eigenvalue weighted by Crippen LogP contribution is 2.23. The third-order valence-corrected chi connectivity index (χ3v) is 5.56. The zero-order chi connectivity index (χ0) is 20.9. The maximum Gasteiger partial charge on any atom is 0.254 e. The average Bonchev–Trinajstić information content (AvgIpc) is 2.89. The Morgan fingerprint density at radius 2 is 1.83 bits per heavy atom. The van der Waals surface area contributed by atoms with Crippen LogP contribution in [-0.2, 0) is 9.59 Å². The molecule has 3 amide bonds. The standard InChI is InChI=1S/C23H26N4O3/c28-21(24-16-7-6-8-17(15-16)27-13-4-1-5-14-27)12-11-20-23(30)25-19-10-3-2-9-18(19)22(29)26-20/h2-3,6-10,15,20H,1,4-5,11-14H2,(H,24,28)(H,25,30)(H,26,29)/t20-/m1/s1. The summed E-state index contributed by atoms with van der Waals surface area (Å²) in [6.45, 7) is 2.08. The van der Waals surface area contributed by atoms with Gasteiger partial charge in [-0.3, -0.25) is 14.4 Å². The summed E-state index contributed by atoms with van der Waals surface area (Å²) in [5.41, 5.74) is 2.76. The van der Waals surface area contributed by atoms with Crippen molar-refractivity contribution in [3.63, 3.8) is 0 Å². The molecule has 4 rings (SSSR count). The number of piperidine rings is 1. The van der Waals surface area contributed by atoms with Crippen LogP contribution in [0.1, 0.15) is 42.5 Å². The van der Waals surface area contributed by atoms with Crippen LogP contribution in [0.15, 0.2) is 48.5 Å². The number of amides is 3. The Hall–Kier alpha value is -3.35. The van der Waals surface area contributed by atoms with Crippen LogP contribution < -0.4 is 20.9 Å². The van der Waals surface area contributed by atoms with E-state index >= 15 is 0 Å². The zero-order valence-corrected chi connectivity index (χ0v) is 16.8. The van der Waals surface area contributed by atoms with Gasteiger partial charge in [-0.25, -0.2) is 0 Å². The van der Waals surface area contributed by atoms with Gasteiger partial charge in [0, 0.05) is 30.9 Å². The van der Waals surface area contributed by atoms with Crippen molar-refractivity contribution in [1.29, 1.82) is 0 Å². The number of nitrogens with zero attached hydrogens (tertiary/aromatic N) is 1. The number of para-hydroxylation sites is 1. The number of hydrogen-bond donors (Lipinski definition) is 3. The highest BCUT2D eigenvalue weighted by molar-refractivity contribution is 6.10. The summed E-state index contributed by atoms with van der Waals surface area (Å²) < 4.78 is 0. The number of anilines is 3. The SMILES string of the molecule is O=C(CC[C@H]1NC(=O)c2ccccc2NC1=O)Nc1cccc(N2CCCCC2)c1. The molecule has 3 N–H and O–H groups in total. The molecular weight excluding hydrogens is 380 g/mol. The van der Waals surface area contributed by atoms with Gasteiger partial charge in [0.2, 0.25) is 11.8 Å². The summed E-state index contributed by atoms with van der Waals surface area (Å²) in [7, 11) is 0. The van der Waals surface area contributed by atoms with E-state index in [4.69, 9.17) is 0 Å². The summed E-state index contributed by atoms with van der Waals surface area (Å²) in [6.07, 6.45) is 4.00. The van der Waals surface area contributed by atoms with Gasteiger partial charge in [-0.05, 0) is 56.0 Å². The van der Waals surface area contributed by atoms with Crippen molar-refractivity contribution in [2.24, 2.45) is 0 Å². The monoisotopic (exact) mass is 406 g/mol. The maximum atomic E-state index is 12.5. The number of nitrogens with one attached hydrogen (secondary N) is 3. The predicted molar refractivity (Wildman–Crippen MR) is 117 cm³/mol. The molecule has 156 valence electrons. The van der Waals surface area contributed by atoms with Crippen molar-refractivity contribution in [3.05, 3.63) is 54.1 Å². The average molecular weight is 406 g/mol. The summed E-state index contributed by atoms with van der Waals surface area (Å²) in [5, 5.41) is 8.39. The van der Waals surface area contributed by atoms with Crippen LogP contribution in [0.2, 0.25) is 0 Å². The third kappa shape index (κ3) is 4.62. The summed E-state index contributed by atoms with van der Waals surface area (Å²) in [4.78, 5) is 39.6. The fourth-order valence-electron chi connectivity index (χ4n) is 3.95. The summed E-state index contributed by atoms with van der Waals surface area (Å²) in [6, 6.07) is 14.0. The Labute approximate surface area is 175 Å². The number of carbonyl (C=O) groups excluding carboxylic acids is 3. The van der Waals surface area contributed by atoms with Crippen LogP contribution >= 0.6 is 0 Å². The van der Waals surface area contributed by atoms with E-state index in [-0.39, 0.29) is 30.6 Å². The molecular formula is C23H26N4O3. The minimum atomic E-state index is -0.754. The van der Waals surface area contributed by atoms with Crippen LogP contribution in [0.4, 0.5) is 17.1 Å². The third-order valence-electron chi connectivity index (χ3n) is 5.56. The summed E-state index contributed by atoms with van der Waals surface area (Å²) >= 11 is 0. The lowest BCUT2D eigenvalue weighted by Crippen LogP contribution is -2.41. The Kier molecular flexibility index (Phi) is 5.97. The second-order valence-electron chi connectivity index (χ2n) is 7.75. The van der Waals surface area contributed by atoms with Crippen LogP contribution in [0.3, 0.4) is 0 Å². The van der Waals surface area contributed by atoms with Gasteiger partial charge in [0.1, 0.15) is 6.04 Å².